The van der Waals surface area contributed by atoms with Crippen LogP contribution in [0.3, 0.4) is 0 Å². The Kier molecular flexibility index (Phi) is 4.47. The first-order valence-electron chi connectivity index (χ1n) is 5.66. The zero-order chi connectivity index (χ0) is 11.3. The molecule has 0 atom stereocenters. The first kappa shape index (κ1) is 11.9. The molecule has 0 amide bonds. The summed E-state index contributed by atoms with van der Waals surface area (Å²) >= 11 is 0. The molecule has 84 valence electrons. The van der Waals surface area contributed by atoms with Gasteiger partial charge in [0.05, 0.1) is 0 Å². The largest absolute Gasteiger partial charge is 0.508 e. The van der Waals surface area contributed by atoms with Crippen molar-refractivity contribution in [2.24, 2.45) is 0 Å². The fourth-order valence-electron chi connectivity index (χ4n) is 1.69. The second-order valence-electron chi connectivity index (χ2n) is 4.08. The summed E-state index contributed by atoms with van der Waals surface area (Å²) in [6.07, 6.45) is 5.67. The molecule has 0 spiro atoms. The van der Waals surface area contributed by atoms with Crippen LogP contribution in [0.5, 0.6) is 11.5 Å². The smallest absolute Gasteiger partial charge is 0.122 e. The minimum atomic E-state index is 0.171. The van der Waals surface area contributed by atoms with Crippen molar-refractivity contribution in [3.05, 3.63) is 23.3 Å². The van der Waals surface area contributed by atoms with E-state index in [1.54, 1.807) is 0 Å². The van der Waals surface area contributed by atoms with E-state index in [-0.39, 0.29) is 11.5 Å². The zero-order valence-electron chi connectivity index (χ0n) is 9.58. The quantitative estimate of drug-likeness (QED) is 0.727. The maximum Gasteiger partial charge on any atom is 0.122 e. The van der Waals surface area contributed by atoms with Crippen LogP contribution in [0.4, 0.5) is 0 Å². The SMILES string of the molecule is CCCCCCc1cc(C)c(O)cc1O. The lowest BCUT2D eigenvalue weighted by molar-refractivity contribution is 0.442. The molecule has 0 saturated heterocycles. The Morgan fingerprint density at radius 2 is 1.73 bits per heavy atom. The number of rotatable bonds is 5. The number of phenolic OH excluding ortho intramolecular Hbond substituents is 2. The highest BCUT2D eigenvalue weighted by Crippen LogP contribution is 2.27. The van der Waals surface area contributed by atoms with Crippen molar-refractivity contribution in [3.63, 3.8) is 0 Å². The Labute approximate surface area is 91.6 Å². The summed E-state index contributed by atoms with van der Waals surface area (Å²) in [4.78, 5) is 0. The van der Waals surface area contributed by atoms with Crippen molar-refractivity contribution in [3.8, 4) is 11.5 Å². The number of phenols is 2. The molecule has 2 N–H and O–H groups in total. The van der Waals surface area contributed by atoms with Crippen LogP contribution in [0.15, 0.2) is 12.1 Å². The van der Waals surface area contributed by atoms with E-state index in [4.69, 9.17) is 0 Å². The van der Waals surface area contributed by atoms with Gasteiger partial charge in [-0.25, -0.2) is 0 Å². The van der Waals surface area contributed by atoms with Gasteiger partial charge in [0.2, 0.25) is 0 Å². The molecule has 0 radical (unpaired) electrons. The lowest BCUT2D eigenvalue weighted by Gasteiger charge is -2.07. The first-order valence-corrected chi connectivity index (χ1v) is 5.66. The van der Waals surface area contributed by atoms with Crippen molar-refractivity contribution < 1.29 is 10.2 Å². The van der Waals surface area contributed by atoms with Crippen molar-refractivity contribution in [1.29, 1.82) is 0 Å². The molecule has 0 bridgehead atoms. The van der Waals surface area contributed by atoms with E-state index in [1.165, 1.54) is 25.3 Å². The van der Waals surface area contributed by atoms with Gasteiger partial charge in [0.1, 0.15) is 11.5 Å². The third kappa shape index (κ3) is 3.46. The van der Waals surface area contributed by atoms with Crippen LogP contribution in [0.1, 0.15) is 43.7 Å². The van der Waals surface area contributed by atoms with Crippen LogP contribution in [-0.2, 0) is 6.42 Å². The molecule has 15 heavy (non-hydrogen) atoms. The van der Waals surface area contributed by atoms with E-state index < -0.39 is 0 Å². The molecular weight excluding hydrogens is 188 g/mol. The molecule has 1 rings (SSSR count). The number of hydrogen-bond donors (Lipinski definition) is 2. The highest BCUT2D eigenvalue weighted by atomic mass is 16.3. The van der Waals surface area contributed by atoms with Gasteiger partial charge < -0.3 is 10.2 Å². The summed E-state index contributed by atoms with van der Waals surface area (Å²) in [6.45, 7) is 4.03. The predicted molar refractivity (Wildman–Crippen MR) is 62.4 cm³/mol. The minimum Gasteiger partial charge on any atom is -0.508 e. The Morgan fingerprint density at radius 3 is 2.40 bits per heavy atom. The van der Waals surface area contributed by atoms with E-state index in [0.717, 1.165) is 24.0 Å². The second-order valence-corrected chi connectivity index (χ2v) is 4.08. The molecule has 0 heterocycles. The highest BCUT2D eigenvalue weighted by molar-refractivity contribution is 5.44. The van der Waals surface area contributed by atoms with Gasteiger partial charge in [0, 0.05) is 6.07 Å². The van der Waals surface area contributed by atoms with Crippen LogP contribution in [0.2, 0.25) is 0 Å². The fraction of sp³-hybridized carbons (Fsp3) is 0.538. The number of hydrogen-bond acceptors (Lipinski definition) is 2. The van der Waals surface area contributed by atoms with Crippen molar-refractivity contribution in [1.82, 2.24) is 0 Å². The maximum absolute atomic E-state index is 9.61. The van der Waals surface area contributed by atoms with E-state index in [2.05, 4.69) is 6.92 Å². The summed E-state index contributed by atoms with van der Waals surface area (Å²) in [5.41, 5.74) is 1.78. The van der Waals surface area contributed by atoms with Gasteiger partial charge in [-0.3, -0.25) is 0 Å². The topological polar surface area (TPSA) is 40.5 Å². The Morgan fingerprint density at radius 1 is 1.00 bits per heavy atom. The molecular formula is C13H20O2. The van der Waals surface area contributed by atoms with Gasteiger partial charge in [-0.2, -0.15) is 0 Å². The number of aryl methyl sites for hydroxylation is 2. The summed E-state index contributed by atoms with van der Waals surface area (Å²) in [5, 5.41) is 19.0. The van der Waals surface area contributed by atoms with Crippen LogP contribution in [0.25, 0.3) is 0 Å². The normalized spacial score (nSPS) is 10.5. The third-order valence-electron chi connectivity index (χ3n) is 2.70. The third-order valence-corrected chi connectivity index (χ3v) is 2.70. The Balaban J connectivity index is 2.57. The van der Waals surface area contributed by atoms with Crippen LogP contribution >= 0.6 is 0 Å². The van der Waals surface area contributed by atoms with Crippen LogP contribution < -0.4 is 0 Å². The molecule has 0 unspecified atom stereocenters. The summed E-state index contributed by atoms with van der Waals surface area (Å²) in [5.74, 6) is 0.388. The van der Waals surface area contributed by atoms with Gasteiger partial charge in [0.25, 0.3) is 0 Å². The first-order chi connectivity index (χ1) is 7.15. The van der Waals surface area contributed by atoms with E-state index in [9.17, 15) is 10.2 Å². The van der Waals surface area contributed by atoms with Gasteiger partial charge >= 0.3 is 0 Å². The van der Waals surface area contributed by atoms with Gasteiger partial charge in [-0.15, -0.1) is 0 Å². The van der Waals surface area contributed by atoms with Crippen molar-refractivity contribution in [2.75, 3.05) is 0 Å². The summed E-state index contributed by atoms with van der Waals surface area (Å²) < 4.78 is 0. The standard InChI is InChI=1S/C13H20O2/c1-3-4-5-6-7-11-8-10(2)12(14)9-13(11)15/h8-9,14-15H,3-7H2,1-2H3. The lowest BCUT2D eigenvalue weighted by atomic mass is 10.0. The van der Waals surface area contributed by atoms with E-state index in [1.807, 2.05) is 13.0 Å². The highest BCUT2D eigenvalue weighted by Gasteiger charge is 2.05. The molecule has 2 heteroatoms. The van der Waals surface area contributed by atoms with Crippen LogP contribution in [0, 0.1) is 6.92 Å². The van der Waals surface area contributed by atoms with E-state index in [0.29, 0.717) is 0 Å². The number of benzene rings is 1. The number of aromatic hydroxyl groups is 2. The lowest BCUT2D eigenvalue weighted by Crippen LogP contribution is -1.88. The Hall–Kier alpha value is -1.18. The average Bonchev–Trinajstić information content (AvgIpc) is 2.20. The maximum atomic E-state index is 9.61. The number of unbranched alkanes of at least 4 members (excludes halogenated alkanes) is 3. The molecule has 2 nitrogen and oxygen atoms in total. The van der Waals surface area contributed by atoms with Crippen LogP contribution in [-0.4, -0.2) is 10.2 Å². The van der Waals surface area contributed by atoms with Crippen molar-refractivity contribution >= 4 is 0 Å². The monoisotopic (exact) mass is 208 g/mol. The molecule has 0 aromatic heterocycles. The Bertz CT molecular complexity index is 319. The molecule has 1 aromatic carbocycles. The molecule has 1 aromatic rings. The fourth-order valence-corrected chi connectivity index (χ4v) is 1.69. The zero-order valence-corrected chi connectivity index (χ0v) is 9.58. The van der Waals surface area contributed by atoms with Gasteiger partial charge in [0.15, 0.2) is 0 Å². The molecule has 0 saturated carbocycles. The predicted octanol–water partition coefficient (Wildman–Crippen LogP) is 3.53. The van der Waals surface area contributed by atoms with E-state index >= 15 is 0 Å². The average molecular weight is 208 g/mol. The molecule has 0 aliphatic carbocycles. The van der Waals surface area contributed by atoms with Gasteiger partial charge in [-0.05, 0) is 37.0 Å². The molecule has 0 aliphatic heterocycles. The van der Waals surface area contributed by atoms with Crippen molar-refractivity contribution in [2.45, 2.75) is 46.0 Å². The molecule has 0 fully saturated rings. The summed E-state index contributed by atoms with van der Waals surface area (Å²) in [7, 11) is 0. The summed E-state index contributed by atoms with van der Waals surface area (Å²) in [6, 6.07) is 3.31. The van der Waals surface area contributed by atoms with Gasteiger partial charge in [-0.1, -0.05) is 26.2 Å². The molecule has 0 aliphatic rings. The minimum absolute atomic E-state index is 0.171. The second kappa shape index (κ2) is 5.64.